The Labute approximate surface area is 220 Å². The van der Waals surface area contributed by atoms with Crippen LogP contribution in [0.5, 0.6) is 0 Å². The molecular formula is C28H26N4O2S2. The van der Waals surface area contributed by atoms with Crippen LogP contribution in [-0.4, -0.2) is 58.8 Å². The second-order valence-electron chi connectivity index (χ2n) is 8.55. The maximum atomic E-state index is 13.0. The average Bonchev–Trinajstić information content (AvgIpc) is 3.20. The molecule has 0 saturated carbocycles. The molecule has 3 aromatic carbocycles. The van der Waals surface area contributed by atoms with Crippen LogP contribution in [0.4, 0.5) is 11.4 Å². The quantitative estimate of drug-likeness (QED) is 0.372. The van der Waals surface area contributed by atoms with Gasteiger partial charge in [-0.15, -0.1) is 0 Å². The van der Waals surface area contributed by atoms with Gasteiger partial charge >= 0.3 is 0 Å². The predicted octanol–water partition coefficient (Wildman–Crippen LogP) is 4.92. The zero-order valence-corrected chi connectivity index (χ0v) is 21.3. The van der Waals surface area contributed by atoms with E-state index in [1.807, 2.05) is 83.8 Å². The number of nitrogens with zero attached hydrogens (tertiary/aromatic N) is 3. The summed E-state index contributed by atoms with van der Waals surface area (Å²) in [7, 11) is 0. The van der Waals surface area contributed by atoms with Crippen LogP contribution in [0.15, 0.2) is 89.8 Å². The fraction of sp³-hybridized carbons (Fsp3) is 0.179. The Morgan fingerprint density at radius 3 is 2.19 bits per heavy atom. The van der Waals surface area contributed by atoms with Crippen LogP contribution in [0.3, 0.4) is 0 Å². The summed E-state index contributed by atoms with van der Waals surface area (Å²) in [5.41, 5.74) is 3.64. The van der Waals surface area contributed by atoms with E-state index in [1.165, 1.54) is 17.4 Å². The van der Waals surface area contributed by atoms with E-state index < -0.39 is 0 Å². The molecule has 0 atom stereocenters. The number of benzene rings is 3. The van der Waals surface area contributed by atoms with Crippen LogP contribution in [0.1, 0.15) is 15.9 Å². The van der Waals surface area contributed by atoms with Gasteiger partial charge in [0.05, 0.1) is 11.6 Å². The first-order valence-corrected chi connectivity index (χ1v) is 13.0. The summed E-state index contributed by atoms with van der Waals surface area (Å²) in [6.45, 7) is 3.29. The number of hydrogen-bond donors (Lipinski definition) is 1. The summed E-state index contributed by atoms with van der Waals surface area (Å²) in [6, 6.07) is 27.4. The van der Waals surface area contributed by atoms with Crippen LogP contribution < -0.4 is 10.2 Å². The van der Waals surface area contributed by atoms with Crippen molar-refractivity contribution in [3.63, 3.8) is 0 Å². The number of nitrogens with one attached hydrogen (secondary N) is 1. The molecule has 0 bridgehead atoms. The fourth-order valence-corrected chi connectivity index (χ4v) is 5.48. The summed E-state index contributed by atoms with van der Waals surface area (Å²) >= 11 is 6.73. The van der Waals surface area contributed by atoms with Crippen LogP contribution in [0.2, 0.25) is 0 Å². The summed E-state index contributed by atoms with van der Waals surface area (Å²) in [5.74, 6) is -0.0694. The third-order valence-corrected chi connectivity index (χ3v) is 7.61. The molecule has 2 fully saturated rings. The van der Waals surface area contributed by atoms with Gasteiger partial charge in [-0.25, -0.2) is 0 Å². The lowest BCUT2D eigenvalue weighted by atomic mass is 10.1. The second-order valence-corrected chi connectivity index (χ2v) is 10.2. The Bertz CT molecular complexity index is 1270. The molecule has 6 nitrogen and oxygen atoms in total. The Hall–Kier alpha value is -3.62. The summed E-state index contributed by atoms with van der Waals surface area (Å²) < 4.78 is 0.524. The van der Waals surface area contributed by atoms with Crippen molar-refractivity contribution in [1.82, 2.24) is 9.80 Å². The third kappa shape index (κ3) is 5.45. The third-order valence-electron chi connectivity index (χ3n) is 6.23. The summed E-state index contributed by atoms with van der Waals surface area (Å²) in [6.07, 6.45) is 1.86. The molecule has 8 heteroatoms. The normalized spacial score (nSPS) is 17.1. The molecule has 2 aliphatic heterocycles. The molecule has 0 aromatic heterocycles. The Balaban J connectivity index is 1.14. The topological polar surface area (TPSA) is 55.9 Å². The van der Waals surface area contributed by atoms with E-state index >= 15 is 0 Å². The van der Waals surface area contributed by atoms with Gasteiger partial charge in [0.25, 0.3) is 11.8 Å². The lowest BCUT2D eigenvalue weighted by molar-refractivity contribution is -0.121. The van der Waals surface area contributed by atoms with E-state index in [0.29, 0.717) is 27.9 Å². The molecule has 2 saturated heterocycles. The fourth-order valence-electron chi connectivity index (χ4n) is 4.23. The van der Waals surface area contributed by atoms with Crippen LogP contribution in [0, 0.1) is 0 Å². The first-order chi connectivity index (χ1) is 17.6. The number of hydrogen-bond acceptors (Lipinski definition) is 6. The van der Waals surface area contributed by atoms with Gasteiger partial charge in [-0.05, 0) is 48.0 Å². The number of para-hydroxylation sites is 1. The van der Waals surface area contributed by atoms with Gasteiger partial charge < -0.3 is 15.1 Å². The van der Waals surface area contributed by atoms with Crippen LogP contribution in [0.25, 0.3) is 6.08 Å². The van der Waals surface area contributed by atoms with Gasteiger partial charge in [-0.2, -0.15) is 0 Å². The van der Waals surface area contributed by atoms with Crippen molar-refractivity contribution in [3.8, 4) is 0 Å². The average molecular weight is 515 g/mol. The van der Waals surface area contributed by atoms with Gasteiger partial charge in [0.2, 0.25) is 0 Å². The molecule has 36 heavy (non-hydrogen) atoms. The SMILES string of the molecule is O=C(c1ccc(NCN2C(=O)/C(=C/c3ccccc3)SC2=S)cc1)N1CCN(c2ccccc2)CC1. The van der Waals surface area contributed by atoms with E-state index in [2.05, 4.69) is 22.3 Å². The molecule has 0 unspecified atom stereocenters. The van der Waals surface area contributed by atoms with Crippen molar-refractivity contribution < 1.29 is 9.59 Å². The number of thioether (sulfide) groups is 1. The van der Waals surface area contributed by atoms with Gasteiger partial charge in [0.1, 0.15) is 4.32 Å². The highest BCUT2D eigenvalue weighted by molar-refractivity contribution is 8.26. The largest absolute Gasteiger partial charge is 0.368 e. The minimum Gasteiger partial charge on any atom is -0.368 e. The number of anilines is 2. The Morgan fingerprint density at radius 1 is 0.889 bits per heavy atom. The zero-order valence-electron chi connectivity index (χ0n) is 19.7. The Kier molecular flexibility index (Phi) is 7.34. The van der Waals surface area contributed by atoms with Crippen molar-refractivity contribution in [2.45, 2.75) is 0 Å². The van der Waals surface area contributed by atoms with Crippen LogP contribution in [-0.2, 0) is 4.79 Å². The first-order valence-electron chi connectivity index (χ1n) is 11.8. The highest BCUT2D eigenvalue weighted by atomic mass is 32.2. The van der Waals surface area contributed by atoms with Gasteiger partial charge in [-0.3, -0.25) is 14.5 Å². The highest BCUT2D eigenvalue weighted by Gasteiger charge is 2.31. The van der Waals surface area contributed by atoms with E-state index in [4.69, 9.17) is 12.2 Å². The smallest absolute Gasteiger partial charge is 0.267 e. The van der Waals surface area contributed by atoms with E-state index in [1.54, 1.807) is 4.90 Å². The molecule has 2 aliphatic rings. The minimum absolute atomic E-state index is 0.0391. The number of carbonyl (C=O) groups is 2. The van der Waals surface area contributed by atoms with Crippen molar-refractivity contribution in [2.24, 2.45) is 0 Å². The molecule has 3 aromatic rings. The number of rotatable bonds is 6. The van der Waals surface area contributed by atoms with Crippen molar-refractivity contribution >= 4 is 57.6 Å². The summed E-state index contributed by atoms with van der Waals surface area (Å²) in [4.78, 5) is 32.2. The predicted molar refractivity (Wildman–Crippen MR) is 151 cm³/mol. The number of carbonyl (C=O) groups excluding carboxylic acids is 2. The standard InChI is InChI=1S/C28H26N4O2S2/c33-26(31-17-15-30(16-18-31)24-9-5-2-6-10-24)22-11-13-23(14-12-22)29-20-32-27(34)25(36-28(32)35)19-21-7-3-1-4-8-21/h1-14,19,29H,15-18,20H2/b25-19-. The molecule has 0 radical (unpaired) electrons. The molecule has 0 aliphatic carbocycles. The Morgan fingerprint density at radius 2 is 1.53 bits per heavy atom. The van der Waals surface area contributed by atoms with E-state index in [0.717, 1.165) is 24.3 Å². The lowest BCUT2D eigenvalue weighted by Crippen LogP contribution is -2.48. The molecule has 2 heterocycles. The molecule has 182 valence electrons. The molecular weight excluding hydrogens is 488 g/mol. The van der Waals surface area contributed by atoms with E-state index in [9.17, 15) is 9.59 Å². The maximum absolute atomic E-state index is 13.0. The van der Waals surface area contributed by atoms with Crippen molar-refractivity contribution in [3.05, 3.63) is 101 Å². The van der Waals surface area contributed by atoms with Crippen molar-refractivity contribution in [2.75, 3.05) is 43.1 Å². The maximum Gasteiger partial charge on any atom is 0.267 e. The first kappa shape index (κ1) is 24.1. The van der Waals surface area contributed by atoms with Gasteiger partial charge in [0.15, 0.2) is 0 Å². The molecule has 1 N–H and O–H groups in total. The number of amides is 2. The summed E-state index contributed by atoms with van der Waals surface area (Å²) in [5, 5.41) is 3.25. The molecule has 2 amide bonds. The number of piperazine rings is 1. The van der Waals surface area contributed by atoms with Crippen molar-refractivity contribution in [1.29, 1.82) is 0 Å². The van der Waals surface area contributed by atoms with Crippen LogP contribution >= 0.6 is 24.0 Å². The number of thiocarbonyl (C=S) groups is 1. The minimum atomic E-state index is -0.109. The monoisotopic (exact) mass is 514 g/mol. The molecule has 5 rings (SSSR count). The van der Waals surface area contributed by atoms with Gasteiger partial charge in [0, 0.05) is 43.1 Å². The van der Waals surface area contributed by atoms with Gasteiger partial charge in [-0.1, -0.05) is 72.5 Å². The highest BCUT2D eigenvalue weighted by Crippen LogP contribution is 2.32. The molecule has 0 spiro atoms. The zero-order chi connectivity index (χ0) is 24.9. The second kappa shape index (κ2) is 11.0. The van der Waals surface area contributed by atoms with E-state index in [-0.39, 0.29) is 18.5 Å². The lowest BCUT2D eigenvalue weighted by Gasteiger charge is -2.36.